The van der Waals surface area contributed by atoms with E-state index in [2.05, 4.69) is 27.1 Å². The van der Waals surface area contributed by atoms with Crippen LogP contribution in [0.4, 0.5) is 0 Å². The van der Waals surface area contributed by atoms with Crippen molar-refractivity contribution in [1.29, 1.82) is 0 Å². The smallest absolute Gasteiger partial charge is 0.231 e. The molecular formula is C16H19N3O2. The summed E-state index contributed by atoms with van der Waals surface area (Å²) in [5, 5.41) is 3.54. The van der Waals surface area contributed by atoms with E-state index in [0.717, 1.165) is 36.7 Å². The van der Waals surface area contributed by atoms with E-state index in [4.69, 9.17) is 9.47 Å². The number of benzene rings is 1. The summed E-state index contributed by atoms with van der Waals surface area (Å²) >= 11 is 0. The third-order valence-electron chi connectivity index (χ3n) is 4.25. The Morgan fingerprint density at radius 2 is 2.33 bits per heavy atom. The molecule has 1 N–H and O–H groups in total. The van der Waals surface area contributed by atoms with Crippen molar-refractivity contribution in [3.05, 3.63) is 42.0 Å². The quantitative estimate of drug-likeness (QED) is 0.936. The Balaban J connectivity index is 1.40. The van der Waals surface area contributed by atoms with Gasteiger partial charge in [0.05, 0.1) is 0 Å². The van der Waals surface area contributed by atoms with Gasteiger partial charge in [-0.05, 0) is 18.9 Å². The molecule has 0 spiro atoms. The summed E-state index contributed by atoms with van der Waals surface area (Å²) in [4.78, 5) is 4.50. The number of ether oxygens (including phenoxy) is 2. The highest BCUT2D eigenvalue weighted by Gasteiger charge is 2.21. The molecule has 5 heteroatoms. The van der Waals surface area contributed by atoms with Gasteiger partial charge in [0.2, 0.25) is 6.79 Å². The maximum Gasteiger partial charge on any atom is 0.231 e. The van der Waals surface area contributed by atoms with Gasteiger partial charge in [-0.1, -0.05) is 12.1 Å². The molecule has 3 heterocycles. The number of para-hydroxylation sites is 1. The molecule has 4 rings (SSSR count). The molecule has 110 valence electrons. The molecule has 0 aliphatic carbocycles. The Bertz CT molecular complexity index is 638. The predicted molar refractivity (Wildman–Crippen MR) is 78.5 cm³/mol. The number of imidazole rings is 1. The molecule has 2 aliphatic heterocycles. The summed E-state index contributed by atoms with van der Waals surface area (Å²) in [6, 6.07) is 6.05. The second-order valence-corrected chi connectivity index (χ2v) is 5.60. The maximum atomic E-state index is 5.54. The Morgan fingerprint density at radius 3 is 3.33 bits per heavy atom. The van der Waals surface area contributed by atoms with Gasteiger partial charge in [-0.2, -0.15) is 0 Å². The van der Waals surface area contributed by atoms with Crippen molar-refractivity contribution in [1.82, 2.24) is 14.9 Å². The Hall–Kier alpha value is -2.01. The van der Waals surface area contributed by atoms with E-state index >= 15 is 0 Å². The van der Waals surface area contributed by atoms with Gasteiger partial charge in [-0.3, -0.25) is 0 Å². The van der Waals surface area contributed by atoms with E-state index in [9.17, 15) is 0 Å². The van der Waals surface area contributed by atoms with Gasteiger partial charge in [0.15, 0.2) is 11.5 Å². The van der Waals surface area contributed by atoms with E-state index in [-0.39, 0.29) is 0 Å². The van der Waals surface area contributed by atoms with Crippen LogP contribution in [0.2, 0.25) is 0 Å². The number of nitrogens with zero attached hydrogens (tertiary/aromatic N) is 2. The van der Waals surface area contributed by atoms with Crippen molar-refractivity contribution in [3.8, 4) is 11.5 Å². The molecule has 1 aromatic heterocycles. The molecule has 0 bridgehead atoms. The number of aryl methyl sites for hydroxylation is 1. The lowest BCUT2D eigenvalue weighted by Gasteiger charge is -2.23. The van der Waals surface area contributed by atoms with Crippen LogP contribution in [0.25, 0.3) is 0 Å². The number of aromatic nitrogens is 2. The Kier molecular flexibility index (Phi) is 3.27. The highest BCUT2D eigenvalue weighted by atomic mass is 16.7. The third kappa shape index (κ3) is 2.38. The van der Waals surface area contributed by atoms with Crippen LogP contribution >= 0.6 is 0 Å². The van der Waals surface area contributed by atoms with Gasteiger partial charge in [-0.25, -0.2) is 4.98 Å². The molecule has 21 heavy (non-hydrogen) atoms. The molecule has 1 aromatic carbocycles. The summed E-state index contributed by atoms with van der Waals surface area (Å²) in [5.41, 5.74) is 1.16. The topological polar surface area (TPSA) is 48.3 Å². The minimum Gasteiger partial charge on any atom is -0.454 e. The van der Waals surface area contributed by atoms with E-state index in [1.165, 1.54) is 18.7 Å². The highest BCUT2D eigenvalue weighted by Crippen LogP contribution is 2.35. The molecule has 0 radical (unpaired) electrons. The van der Waals surface area contributed by atoms with Crippen molar-refractivity contribution in [2.45, 2.75) is 31.8 Å². The molecule has 5 nitrogen and oxygen atoms in total. The first kappa shape index (κ1) is 12.7. The fourth-order valence-electron chi connectivity index (χ4n) is 3.21. The van der Waals surface area contributed by atoms with Crippen LogP contribution in [0.5, 0.6) is 11.5 Å². The highest BCUT2D eigenvalue weighted by molar-refractivity contribution is 5.48. The summed E-state index contributed by atoms with van der Waals surface area (Å²) in [5.74, 6) is 3.45. The van der Waals surface area contributed by atoms with E-state index in [1.54, 1.807) is 0 Å². The fraction of sp³-hybridized carbons (Fsp3) is 0.438. The minimum atomic E-state index is 0.326. The fourth-order valence-corrected chi connectivity index (χ4v) is 3.21. The first-order valence-electron chi connectivity index (χ1n) is 7.51. The molecule has 0 saturated carbocycles. The third-order valence-corrected chi connectivity index (χ3v) is 4.25. The zero-order chi connectivity index (χ0) is 14.1. The lowest BCUT2D eigenvalue weighted by molar-refractivity contribution is 0.173. The summed E-state index contributed by atoms with van der Waals surface area (Å²) < 4.78 is 13.2. The second-order valence-electron chi connectivity index (χ2n) is 5.60. The number of hydrogen-bond acceptors (Lipinski definition) is 4. The Morgan fingerprint density at radius 1 is 1.33 bits per heavy atom. The zero-order valence-corrected chi connectivity index (χ0v) is 11.9. The van der Waals surface area contributed by atoms with Crippen molar-refractivity contribution < 1.29 is 9.47 Å². The number of hydrogen-bond donors (Lipinski definition) is 1. The Labute approximate surface area is 123 Å². The molecule has 0 unspecified atom stereocenters. The van der Waals surface area contributed by atoms with E-state index in [1.807, 2.05) is 18.3 Å². The maximum absolute atomic E-state index is 5.54. The average molecular weight is 285 g/mol. The summed E-state index contributed by atoms with van der Waals surface area (Å²) in [6.07, 6.45) is 6.42. The first-order valence-corrected chi connectivity index (χ1v) is 7.51. The van der Waals surface area contributed by atoms with Gasteiger partial charge in [0.1, 0.15) is 5.82 Å². The van der Waals surface area contributed by atoms with Crippen LogP contribution in [0, 0.1) is 0 Å². The molecule has 0 fully saturated rings. The van der Waals surface area contributed by atoms with Crippen molar-refractivity contribution in [3.63, 3.8) is 0 Å². The average Bonchev–Trinajstić information content (AvgIpc) is 3.16. The van der Waals surface area contributed by atoms with Crippen molar-refractivity contribution in [2.24, 2.45) is 0 Å². The lowest BCUT2D eigenvalue weighted by Crippen LogP contribution is -2.26. The SMILES string of the molecule is c1cc(CNC[C@H]2CCCn3ccnc32)c2c(c1)OCO2. The van der Waals surface area contributed by atoms with Crippen molar-refractivity contribution >= 4 is 0 Å². The normalized spacial score (nSPS) is 19.5. The molecule has 1 atom stereocenters. The largest absolute Gasteiger partial charge is 0.454 e. The minimum absolute atomic E-state index is 0.326. The molecule has 0 saturated heterocycles. The molecule has 2 aromatic rings. The van der Waals surface area contributed by atoms with Crippen LogP contribution in [-0.2, 0) is 13.1 Å². The van der Waals surface area contributed by atoms with Crippen LogP contribution < -0.4 is 14.8 Å². The molecular weight excluding hydrogens is 266 g/mol. The van der Waals surface area contributed by atoms with Crippen molar-refractivity contribution in [2.75, 3.05) is 13.3 Å². The van der Waals surface area contributed by atoms with E-state index < -0.39 is 0 Å². The van der Waals surface area contributed by atoms with Crippen LogP contribution in [0.3, 0.4) is 0 Å². The van der Waals surface area contributed by atoms with Crippen LogP contribution in [-0.4, -0.2) is 22.9 Å². The second kappa shape index (κ2) is 5.41. The molecule has 0 amide bonds. The number of nitrogens with one attached hydrogen (secondary N) is 1. The zero-order valence-electron chi connectivity index (χ0n) is 11.9. The number of rotatable bonds is 4. The predicted octanol–water partition coefficient (Wildman–Crippen LogP) is 2.28. The summed E-state index contributed by atoms with van der Waals surface area (Å²) in [7, 11) is 0. The van der Waals surface area contributed by atoms with Gasteiger partial charge in [0.25, 0.3) is 0 Å². The van der Waals surface area contributed by atoms with Crippen LogP contribution in [0.1, 0.15) is 30.1 Å². The summed E-state index contributed by atoms with van der Waals surface area (Å²) in [6.45, 7) is 3.17. The number of fused-ring (bicyclic) bond motifs is 2. The van der Waals surface area contributed by atoms with Crippen LogP contribution in [0.15, 0.2) is 30.6 Å². The van der Waals surface area contributed by atoms with Gasteiger partial charge >= 0.3 is 0 Å². The lowest BCUT2D eigenvalue weighted by atomic mass is 9.99. The first-order chi connectivity index (χ1) is 10.4. The standard InChI is InChI=1S/C16H19N3O2/c1-3-12(15-14(5-1)20-11-21-15)9-17-10-13-4-2-7-19-8-6-18-16(13)19/h1,3,5-6,8,13,17H,2,4,7,9-11H2/t13-/m1/s1. The van der Waals surface area contributed by atoms with Gasteiger partial charge in [0, 0.05) is 43.5 Å². The monoisotopic (exact) mass is 285 g/mol. The van der Waals surface area contributed by atoms with E-state index in [0.29, 0.717) is 12.7 Å². The van der Waals surface area contributed by atoms with Gasteiger partial charge in [-0.15, -0.1) is 0 Å². The van der Waals surface area contributed by atoms with Gasteiger partial charge < -0.3 is 19.4 Å². The molecule has 2 aliphatic rings.